The van der Waals surface area contributed by atoms with Crippen molar-refractivity contribution in [3.05, 3.63) is 50.8 Å². The van der Waals surface area contributed by atoms with E-state index in [9.17, 15) is 13.6 Å². The van der Waals surface area contributed by atoms with Crippen molar-refractivity contribution >= 4 is 21.7 Å². The van der Waals surface area contributed by atoms with Crippen LogP contribution in [-0.4, -0.2) is 15.6 Å². The number of benzene rings is 1. The number of carbonyl (C=O) groups excluding carboxylic acids is 1. The Hall–Kier alpha value is -1.56. The van der Waals surface area contributed by atoms with Crippen LogP contribution in [0.2, 0.25) is 0 Å². The van der Waals surface area contributed by atoms with Crippen LogP contribution in [0.3, 0.4) is 0 Å². The molecule has 0 fully saturated rings. The zero-order valence-electron chi connectivity index (χ0n) is 12.0. The molecule has 6 heteroatoms. The number of aromatic nitrogens is 2. The van der Waals surface area contributed by atoms with E-state index in [0.717, 1.165) is 23.0 Å². The molecule has 2 aromatic rings. The van der Waals surface area contributed by atoms with Gasteiger partial charge in [0.05, 0.1) is 15.7 Å². The number of rotatable bonds is 4. The van der Waals surface area contributed by atoms with E-state index in [4.69, 9.17) is 0 Å². The molecule has 0 saturated carbocycles. The van der Waals surface area contributed by atoms with Gasteiger partial charge in [-0.3, -0.25) is 9.48 Å². The first kappa shape index (κ1) is 15.8. The molecule has 0 spiro atoms. The van der Waals surface area contributed by atoms with Gasteiger partial charge in [-0.15, -0.1) is 0 Å². The molecule has 0 aliphatic carbocycles. The van der Waals surface area contributed by atoms with E-state index in [1.807, 2.05) is 20.9 Å². The summed E-state index contributed by atoms with van der Waals surface area (Å²) in [7, 11) is 1.82. The summed E-state index contributed by atoms with van der Waals surface area (Å²) in [5.41, 5.74) is 2.25. The maximum absolute atomic E-state index is 13.9. The summed E-state index contributed by atoms with van der Waals surface area (Å²) in [6, 6.07) is 2.33. The number of aryl methyl sites for hydroxylation is 2. The van der Waals surface area contributed by atoms with E-state index in [1.165, 1.54) is 6.07 Å². The average molecular weight is 357 g/mol. The molecule has 112 valence electrons. The van der Waals surface area contributed by atoms with Crippen molar-refractivity contribution in [2.75, 3.05) is 0 Å². The number of nitrogens with zero attached hydrogens (tertiary/aromatic N) is 2. The molecule has 1 aromatic carbocycles. The van der Waals surface area contributed by atoms with Gasteiger partial charge in [0.1, 0.15) is 5.82 Å². The molecule has 0 amide bonds. The molecule has 21 heavy (non-hydrogen) atoms. The summed E-state index contributed by atoms with van der Waals surface area (Å²) in [5, 5.41) is 4.26. The van der Waals surface area contributed by atoms with Crippen LogP contribution in [-0.2, 0) is 13.5 Å². The predicted octanol–water partition coefficient (Wildman–Crippen LogP) is 3.89. The van der Waals surface area contributed by atoms with Gasteiger partial charge in [-0.05, 0) is 53.9 Å². The topological polar surface area (TPSA) is 34.9 Å². The van der Waals surface area contributed by atoms with Crippen molar-refractivity contribution in [3.63, 3.8) is 0 Å². The van der Waals surface area contributed by atoms with Crippen molar-refractivity contribution in [1.82, 2.24) is 9.78 Å². The highest BCUT2D eigenvalue weighted by Crippen LogP contribution is 2.24. The second-order valence-electron chi connectivity index (χ2n) is 4.91. The van der Waals surface area contributed by atoms with E-state index in [1.54, 1.807) is 4.68 Å². The highest BCUT2D eigenvalue weighted by Gasteiger charge is 2.20. The van der Waals surface area contributed by atoms with Crippen molar-refractivity contribution < 1.29 is 13.6 Å². The number of ketones is 1. The second-order valence-corrected chi connectivity index (χ2v) is 5.77. The molecule has 0 N–H and O–H groups in total. The Morgan fingerprint density at radius 1 is 1.33 bits per heavy atom. The molecule has 0 aliphatic heterocycles. The second kappa shape index (κ2) is 6.05. The Morgan fingerprint density at radius 3 is 2.57 bits per heavy atom. The fraction of sp³-hybridized carbons (Fsp3) is 0.333. The van der Waals surface area contributed by atoms with Gasteiger partial charge in [0.15, 0.2) is 11.6 Å². The number of Topliss-reactive ketones (excluding diaryl/α,β-unsaturated/α-hetero) is 1. The highest BCUT2D eigenvalue weighted by molar-refractivity contribution is 9.10. The van der Waals surface area contributed by atoms with Crippen LogP contribution >= 0.6 is 15.9 Å². The van der Waals surface area contributed by atoms with Gasteiger partial charge in [-0.2, -0.15) is 5.10 Å². The van der Waals surface area contributed by atoms with Crippen molar-refractivity contribution in [2.45, 2.75) is 26.7 Å². The fourth-order valence-corrected chi connectivity index (χ4v) is 2.66. The van der Waals surface area contributed by atoms with Gasteiger partial charge in [-0.1, -0.05) is 0 Å². The fourth-order valence-electron chi connectivity index (χ4n) is 2.33. The zero-order valence-corrected chi connectivity index (χ0v) is 13.6. The lowest BCUT2D eigenvalue weighted by molar-refractivity contribution is 0.0974. The van der Waals surface area contributed by atoms with E-state index in [2.05, 4.69) is 21.0 Å². The maximum Gasteiger partial charge on any atom is 0.169 e. The third-order valence-electron chi connectivity index (χ3n) is 3.58. The Morgan fingerprint density at radius 2 is 2.00 bits per heavy atom. The Bertz CT molecular complexity index is 710. The molecule has 0 aliphatic rings. The minimum Gasteiger partial charge on any atom is -0.294 e. The van der Waals surface area contributed by atoms with Gasteiger partial charge in [0.2, 0.25) is 0 Å². The summed E-state index contributed by atoms with van der Waals surface area (Å²) in [6.45, 7) is 3.76. The molecule has 0 bridgehead atoms. The molecule has 0 atom stereocenters. The number of halogens is 3. The van der Waals surface area contributed by atoms with Gasteiger partial charge >= 0.3 is 0 Å². The molecule has 1 heterocycles. The number of hydrogen-bond acceptors (Lipinski definition) is 2. The lowest BCUT2D eigenvalue weighted by Crippen LogP contribution is -2.08. The first-order valence-corrected chi connectivity index (χ1v) is 7.28. The average Bonchev–Trinajstić information content (AvgIpc) is 2.66. The maximum atomic E-state index is 13.9. The normalized spacial score (nSPS) is 11.0. The van der Waals surface area contributed by atoms with Crippen LogP contribution in [0.25, 0.3) is 0 Å². The molecule has 3 nitrogen and oxygen atoms in total. The Kier molecular flexibility index (Phi) is 4.56. The van der Waals surface area contributed by atoms with Crippen LogP contribution in [0.5, 0.6) is 0 Å². The van der Waals surface area contributed by atoms with Crippen LogP contribution in [0.15, 0.2) is 16.6 Å². The molecular formula is C15H15BrF2N2O. The molecule has 0 unspecified atom stereocenters. The molecular weight excluding hydrogens is 342 g/mol. The molecule has 0 radical (unpaired) electrons. The van der Waals surface area contributed by atoms with E-state index in [-0.39, 0.29) is 10.9 Å². The van der Waals surface area contributed by atoms with Crippen molar-refractivity contribution in [2.24, 2.45) is 7.05 Å². The SMILES string of the molecule is Cc1nn(C)c(C)c1CCC(=O)c1c(F)ccc(Br)c1F. The monoisotopic (exact) mass is 356 g/mol. The van der Waals surface area contributed by atoms with E-state index in [0.29, 0.717) is 6.42 Å². The number of carbonyl (C=O) groups is 1. The predicted molar refractivity (Wildman–Crippen MR) is 79.4 cm³/mol. The molecule has 2 rings (SSSR count). The van der Waals surface area contributed by atoms with Crippen LogP contribution < -0.4 is 0 Å². The minimum atomic E-state index is -0.848. The van der Waals surface area contributed by atoms with E-state index < -0.39 is 23.0 Å². The van der Waals surface area contributed by atoms with Crippen LogP contribution in [0, 0.1) is 25.5 Å². The smallest absolute Gasteiger partial charge is 0.169 e. The third kappa shape index (κ3) is 3.05. The minimum absolute atomic E-state index is 0.0394. The van der Waals surface area contributed by atoms with Gasteiger partial charge in [0.25, 0.3) is 0 Å². The third-order valence-corrected chi connectivity index (χ3v) is 4.20. The van der Waals surface area contributed by atoms with Crippen LogP contribution in [0.4, 0.5) is 8.78 Å². The Balaban J connectivity index is 2.22. The largest absolute Gasteiger partial charge is 0.294 e. The van der Waals surface area contributed by atoms with E-state index >= 15 is 0 Å². The summed E-state index contributed by atoms with van der Waals surface area (Å²) in [5.74, 6) is -2.23. The summed E-state index contributed by atoms with van der Waals surface area (Å²) in [4.78, 5) is 12.1. The summed E-state index contributed by atoms with van der Waals surface area (Å²) in [6.07, 6.45) is 0.452. The van der Waals surface area contributed by atoms with Crippen molar-refractivity contribution in [3.8, 4) is 0 Å². The van der Waals surface area contributed by atoms with Gasteiger partial charge in [-0.25, -0.2) is 8.78 Å². The Labute approximate surface area is 130 Å². The highest BCUT2D eigenvalue weighted by atomic mass is 79.9. The number of hydrogen-bond donors (Lipinski definition) is 0. The summed E-state index contributed by atoms with van der Waals surface area (Å²) < 4.78 is 29.4. The zero-order chi connectivity index (χ0) is 15.7. The molecule has 1 aromatic heterocycles. The first-order valence-electron chi connectivity index (χ1n) is 6.48. The van der Waals surface area contributed by atoms with Gasteiger partial charge < -0.3 is 0 Å². The quantitative estimate of drug-likeness (QED) is 0.615. The lowest BCUT2D eigenvalue weighted by atomic mass is 10.0. The van der Waals surface area contributed by atoms with Crippen LogP contribution in [0.1, 0.15) is 33.7 Å². The standard InChI is InChI=1S/C15H15BrF2N2O/c1-8-10(9(2)20(3)19-8)4-7-13(21)14-12(17)6-5-11(16)15(14)18/h5-6H,4,7H2,1-3H3. The summed E-state index contributed by atoms with van der Waals surface area (Å²) >= 11 is 2.96. The lowest BCUT2D eigenvalue weighted by Gasteiger charge is -2.06. The van der Waals surface area contributed by atoms with Crippen molar-refractivity contribution in [1.29, 1.82) is 0 Å². The first-order chi connectivity index (χ1) is 9.82. The van der Waals surface area contributed by atoms with Gasteiger partial charge in [0, 0.05) is 19.2 Å². The molecule has 0 saturated heterocycles.